The van der Waals surface area contributed by atoms with Crippen LogP contribution in [0, 0.1) is 30.0 Å². The van der Waals surface area contributed by atoms with Gasteiger partial charge in [-0.2, -0.15) is 0 Å². The Bertz CT molecular complexity index is 1550. The number of aromatic nitrogens is 2. The lowest BCUT2D eigenvalue weighted by Gasteiger charge is -2.36. The van der Waals surface area contributed by atoms with Crippen molar-refractivity contribution in [3.05, 3.63) is 71.3 Å². The molecule has 10 heteroatoms. The standard InChI is InChI=1S/C36H45FN4O5/c1-23-7-6-8-30(39-23)41(22-36(2,3)4)35(44)27-11-12-29(45-5)33(37)34(27)40-17-14-24(15-18-40)21-46-31-19-26(13-16-38-31)28(20-32(42)43)25-9-10-25/h6-8,11-13,16,19,24-25,28H,9-10,14-15,17-18,20-22H2,1-5H3,(H,42,43). The first-order valence-electron chi connectivity index (χ1n) is 16.1. The number of aliphatic carboxylic acids is 1. The van der Waals surface area contributed by atoms with Crippen molar-refractivity contribution in [2.75, 3.05) is 43.2 Å². The van der Waals surface area contributed by atoms with Crippen LogP contribution < -0.4 is 19.3 Å². The lowest BCUT2D eigenvalue weighted by molar-refractivity contribution is -0.137. The average molecular weight is 633 g/mol. The first-order valence-corrected chi connectivity index (χ1v) is 16.1. The van der Waals surface area contributed by atoms with E-state index in [0.717, 1.165) is 36.9 Å². The van der Waals surface area contributed by atoms with Crippen molar-refractivity contribution < 1.29 is 28.6 Å². The summed E-state index contributed by atoms with van der Waals surface area (Å²) in [4.78, 5) is 38.3. The van der Waals surface area contributed by atoms with Gasteiger partial charge in [0, 0.05) is 37.6 Å². The van der Waals surface area contributed by atoms with E-state index in [4.69, 9.17) is 9.47 Å². The molecule has 1 saturated carbocycles. The van der Waals surface area contributed by atoms with Gasteiger partial charge in [-0.25, -0.2) is 14.4 Å². The highest BCUT2D eigenvalue weighted by Gasteiger charge is 2.35. The maximum atomic E-state index is 16.0. The van der Waals surface area contributed by atoms with E-state index in [0.29, 0.717) is 43.9 Å². The number of hydrogen-bond acceptors (Lipinski definition) is 7. The summed E-state index contributed by atoms with van der Waals surface area (Å²) in [6, 6.07) is 12.5. The van der Waals surface area contributed by atoms with Crippen molar-refractivity contribution in [2.45, 2.75) is 65.7 Å². The zero-order valence-electron chi connectivity index (χ0n) is 27.5. The number of piperidine rings is 1. The number of carbonyl (C=O) groups excluding carboxylic acids is 1. The lowest BCUT2D eigenvalue weighted by Crippen LogP contribution is -2.41. The predicted octanol–water partition coefficient (Wildman–Crippen LogP) is 6.89. The Hall–Kier alpha value is -4.21. The molecule has 1 aromatic carbocycles. The molecule has 1 aliphatic heterocycles. The third kappa shape index (κ3) is 8.13. The van der Waals surface area contributed by atoms with E-state index >= 15 is 4.39 Å². The molecule has 1 unspecified atom stereocenters. The van der Waals surface area contributed by atoms with E-state index in [1.54, 1.807) is 17.2 Å². The molecule has 0 spiro atoms. The fourth-order valence-corrected chi connectivity index (χ4v) is 6.25. The molecule has 3 heterocycles. The summed E-state index contributed by atoms with van der Waals surface area (Å²) in [5.41, 5.74) is 2.03. The second-order valence-corrected chi connectivity index (χ2v) is 13.8. The summed E-state index contributed by atoms with van der Waals surface area (Å²) in [6.07, 6.45) is 5.36. The number of carbonyl (C=O) groups is 2. The predicted molar refractivity (Wildman–Crippen MR) is 175 cm³/mol. The van der Waals surface area contributed by atoms with Gasteiger partial charge in [0.2, 0.25) is 5.88 Å². The van der Waals surface area contributed by atoms with Gasteiger partial charge in [0.25, 0.3) is 5.91 Å². The number of nitrogens with zero attached hydrogens (tertiary/aromatic N) is 4. The van der Waals surface area contributed by atoms with Crippen LogP contribution >= 0.6 is 0 Å². The number of methoxy groups -OCH3 is 1. The van der Waals surface area contributed by atoms with Crippen molar-refractivity contribution in [1.82, 2.24) is 9.97 Å². The topological polar surface area (TPSA) is 105 Å². The Morgan fingerprint density at radius 2 is 1.85 bits per heavy atom. The molecule has 2 fully saturated rings. The quantitative estimate of drug-likeness (QED) is 0.230. The lowest BCUT2D eigenvalue weighted by atomic mass is 9.92. The minimum absolute atomic E-state index is 0.0261. The molecular weight excluding hydrogens is 587 g/mol. The number of pyridine rings is 2. The van der Waals surface area contributed by atoms with Crippen LogP contribution in [-0.2, 0) is 4.79 Å². The van der Waals surface area contributed by atoms with Crippen LogP contribution in [0.2, 0.25) is 0 Å². The normalized spacial score (nSPS) is 16.2. The smallest absolute Gasteiger partial charge is 0.303 e. The molecule has 1 saturated heterocycles. The van der Waals surface area contributed by atoms with Crippen LogP contribution in [0.1, 0.15) is 80.4 Å². The fraction of sp³-hybridized carbons (Fsp3) is 0.500. The Balaban J connectivity index is 1.31. The third-order valence-electron chi connectivity index (χ3n) is 8.73. The molecule has 1 atom stereocenters. The minimum Gasteiger partial charge on any atom is -0.494 e. The van der Waals surface area contributed by atoms with Crippen molar-refractivity contribution >= 4 is 23.4 Å². The molecule has 2 aliphatic rings. The van der Waals surface area contributed by atoms with Gasteiger partial charge in [-0.05, 0) is 91.7 Å². The average Bonchev–Trinajstić information content (AvgIpc) is 3.87. The molecule has 1 N–H and O–H groups in total. The van der Waals surface area contributed by atoms with Crippen molar-refractivity contribution in [3.8, 4) is 11.6 Å². The van der Waals surface area contributed by atoms with E-state index in [9.17, 15) is 14.7 Å². The van der Waals surface area contributed by atoms with Gasteiger partial charge < -0.3 is 19.5 Å². The molecule has 3 aromatic rings. The summed E-state index contributed by atoms with van der Waals surface area (Å²) in [5, 5.41) is 9.39. The molecule has 1 amide bonds. The van der Waals surface area contributed by atoms with Gasteiger partial charge in [-0.15, -0.1) is 0 Å². The summed E-state index contributed by atoms with van der Waals surface area (Å²) in [5.74, 6) is 0.0345. The molecule has 1 aliphatic carbocycles. The van der Waals surface area contributed by atoms with Gasteiger partial charge in [-0.1, -0.05) is 26.8 Å². The maximum absolute atomic E-state index is 16.0. The maximum Gasteiger partial charge on any atom is 0.303 e. The highest BCUT2D eigenvalue weighted by atomic mass is 19.1. The number of ether oxygens (including phenoxy) is 2. The number of carboxylic acids is 1. The fourth-order valence-electron chi connectivity index (χ4n) is 6.25. The van der Waals surface area contributed by atoms with Gasteiger partial charge in [0.15, 0.2) is 11.6 Å². The zero-order valence-corrected chi connectivity index (χ0v) is 27.5. The first-order chi connectivity index (χ1) is 21.9. The second-order valence-electron chi connectivity index (χ2n) is 13.8. The van der Waals surface area contributed by atoms with Gasteiger partial charge in [0.05, 0.1) is 31.4 Å². The number of halogens is 1. The van der Waals surface area contributed by atoms with Crippen LogP contribution in [0.4, 0.5) is 15.9 Å². The van der Waals surface area contributed by atoms with E-state index in [2.05, 4.69) is 30.7 Å². The zero-order chi connectivity index (χ0) is 33.0. The Morgan fingerprint density at radius 1 is 1.11 bits per heavy atom. The van der Waals surface area contributed by atoms with Crippen molar-refractivity contribution in [1.29, 1.82) is 0 Å². The molecule has 246 valence electrons. The van der Waals surface area contributed by atoms with Crippen LogP contribution in [0.3, 0.4) is 0 Å². The highest BCUT2D eigenvalue weighted by Crippen LogP contribution is 2.45. The monoisotopic (exact) mass is 632 g/mol. The number of carboxylic acid groups (broad SMARTS) is 1. The minimum atomic E-state index is -0.797. The summed E-state index contributed by atoms with van der Waals surface area (Å²) in [7, 11) is 1.42. The SMILES string of the molecule is COc1ccc(C(=O)N(CC(C)(C)C)c2cccc(C)n2)c(N2CCC(COc3cc(C(CC(=O)O)C4CC4)ccn3)CC2)c1F. The largest absolute Gasteiger partial charge is 0.494 e. The van der Waals surface area contributed by atoms with Crippen LogP contribution in [-0.4, -0.2) is 60.3 Å². The summed E-state index contributed by atoms with van der Waals surface area (Å²) in [6.45, 7) is 9.97. The van der Waals surface area contributed by atoms with E-state index in [1.165, 1.54) is 13.2 Å². The summed E-state index contributed by atoms with van der Waals surface area (Å²) >= 11 is 0. The number of rotatable bonds is 12. The number of aryl methyl sites for hydroxylation is 1. The van der Waals surface area contributed by atoms with E-state index in [-0.39, 0.29) is 46.6 Å². The Morgan fingerprint density at radius 3 is 2.48 bits per heavy atom. The Labute approximate surface area is 270 Å². The second kappa shape index (κ2) is 14.1. The van der Waals surface area contributed by atoms with Gasteiger partial charge in [-0.3, -0.25) is 14.5 Å². The van der Waals surface area contributed by atoms with Crippen LogP contribution in [0.25, 0.3) is 0 Å². The number of hydrogen-bond donors (Lipinski definition) is 1. The molecule has 46 heavy (non-hydrogen) atoms. The van der Waals surface area contributed by atoms with Crippen LogP contribution in [0.15, 0.2) is 48.7 Å². The number of anilines is 2. The Kier molecular flexibility index (Phi) is 10.1. The van der Waals surface area contributed by atoms with E-state index in [1.807, 2.05) is 42.2 Å². The number of amides is 1. The van der Waals surface area contributed by atoms with Gasteiger partial charge >= 0.3 is 5.97 Å². The first kappa shape index (κ1) is 33.2. The molecular formula is C36H45FN4O5. The van der Waals surface area contributed by atoms with E-state index < -0.39 is 11.8 Å². The molecule has 2 aromatic heterocycles. The van der Waals surface area contributed by atoms with Crippen molar-refractivity contribution in [2.24, 2.45) is 17.3 Å². The van der Waals surface area contributed by atoms with Crippen LogP contribution in [0.5, 0.6) is 11.6 Å². The third-order valence-corrected chi connectivity index (χ3v) is 8.73. The molecule has 9 nitrogen and oxygen atoms in total. The van der Waals surface area contributed by atoms with Crippen molar-refractivity contribution in [3.63, 3.8) is 0 Å². The molecule has 5 rings (SSSR count). The molecule has 0 radical (unpaired) electrons. The highest BCUT2D eigenvalue weighted by molar-refractivity contribution is 6.09. The molecule has 0 bridgehead atoms. The number of benzene rings is 1. The van der Waals surface area contributed by atoms with Gasteiger partial charge in [0.1, 0.15) is 5.82 Å². The summed E-state index contributed by atoms with van der Waals surface area (Å²) < 4.78 is 27.5.